The number of hydrogen-bond donors (Lipinski definition) is 1. The van der Waals surface area contributed by atoms with Gasteiger partial charge in [0, 0.05) is 19.0 Å². The van der Waals surface area contributed by atoms with Gasteiger partial charge < -0.3 is 5.32 Å². The first kappa shape index (κ1) is 17.7. The van der Waals surface area contributed by atoms with Gasteiger partial charge in [-0.15, -0.1) is 0 Å². The molecule has 1 N–H and O–H groups in total. The van der Waals surface area contributed by atoms with E-state index >= 15 is 0 Å². The average molecular weight is 344 g/mol. The third-order valence-electron chi connectivity index (χ3n) is 3.95. The summed E-state index contributed by atoms with van der Waals surface area (Å²) in [7, 11) is 2.08. The molecule has 0 saturated carbocycles. The number of rotatable bonds is 10. The highest BCUT2D eigenvalue weighted by molar-refractivity contribution is 9.10. The van der Waals surface area contributed by atoms with Crippen LogP contribution in [0.2, 0.25) is 0 Å². The smallest absolute Gasteiger partial charge is 0.0766 e. The Morgan fingerprint density at radius 2 is 1.95 bits per heavy atom. The van der Waals surface area contributed by atoms with Gasteiger partial charge in [-0.25, -0.2) is 0 Å². The average Bonchev–Trinajstić information content (AvgIpc) is 2.78. The lowest BCUT2D eigenvalue weighted by Gasteiger charge is -2.17. The van der Waals surface area contributed by atoms with Crippen LogP contribution in [-0.2, 0) is 19.4 Å². The molecular formula is C16H30BrN3. The van der Waals surface area contributed by atoms with Crippen LogP contribution in [0.15, 0.2) is 4.47 Å². The number of unbranched alkanes of at least 4 members (excludes halogenated alkanes) is 3. The third kappa shape index (κ3) is 4.88. The molecule has 1 heterocycles. The van der Waals surface area contributed by atoms with E-state index in [2.05, 4.69) is 58.8 Å². The molecule has 20 heavy (non-hydrogen) atoms. The Kier molecular flexibility index (Phi) is 8.46. The lowest BCUT2D eigenvalue weighted by Crippen LogP contribution is -2.28. The van der Waals surface area contributed by atoms with Crippen molar-refractivity contribution in [3.8, 4) is 0 Å². The Hall–Kier alpha value is -0.350. The molecule has 116 valence electrons. The van der Waals surface area contributed by atoms with Gasteiger partial charge in [-0.2, -0.15) is 5.10 Å². The van der Waals surface area contributed by atoms with Crippen LogP contribution >= 0.6 is 15.9 Å². The van der Waals surface area contributed by atoms with Crippen molar-refractivity contribution in [3.63, 3.8) is 0 Å². The SMILES string of the molecule is CCCCCCC(Cc1c(Br)c(CC)nn1CC)NC. The fourth-order valence-electron chi connectivity index (χ4n) is 2.61. The Morgan fingerprint density at radius 3 is 2.50 bits per heavy atom. The van der Waals surface area contributed by atoms with E-state index in [1.807, 2.05) is 0 Å². The van der Waals surface area contributed by atoms with Crippen LogP contribution < -0.4 is 5.32 Å². The third-order valence-corrected chi connectivity index (χ3v) is 4.86. The summed E-state index contributed by atoms with van der Waals surface area (Å²) in [5, 5.41) is 8.16. The second-order valence-electron chi connectivity index (χ2n) is 5.42. The van der Waals surface area contributed by atoms with Crippen molar-refractivity contribution < 1.29 is 0 Å². The quantitative estimate of drug-likeness (QED) is 0.640. The van der Waals surface area contributed by atoms with Crippen LogP contribution in [0.4, 0.5) is 0 Å². The molecule has 3 nitrogen and oxygen atoms in total. The zero-order valence-corrected chi connectivity index (χ0v) is 15.1. The molecule has 0 amide bonds. The van der Waals surface area contributed by atoms with Gasteiger partial charge in [0.2, 0.25) is 0 Å². The molecule has 0 radical (unpaired) electrons. The number of halogens is 1. The molecule has 0 aliphatic carbocycles. The monoisotopic (exact) mass is 343 g/mol. The highest BCUT2D eigenvalue weighted by atomic mass is 79.9. The predicted octanol–water partition coefficient (Wildman–Crippen LogP) is 4.33. The zero-order valence-electron chi connectivity index (χ0n) is 13.5. The second kappa shape index (κ2) is 9.56. The number of aromatic nitrogens is 2. The van der Waals surface area contributed by atoms with Gasteiger partial charge in [-0.05, 0) is 42.7 Å². The number of aryl methyl sites for hydroxylation is 2. The van der Waals surface area contributed by atoms with Crippen molar-refractivity contribution in [2.24, 2.45) is 0 Å². The van der Waals surface area contributed by atoms with Crippen molar-refractivity contribution in [3.05, 3.63) is 15.9 Å². The van der Waals surface area contributed by atoms with E-state index in [9.17, 15) is 0 Å². The summed E-state index contributed by atoms with van der Waals surface area (Å²) >= 11 is 3.74. The molecule has 4 heteroatoms. The van der Waals surface area contributed by atoms with Crippen molar-refractivity contribution in [2.75, 3.05) is 7.05 Å². The maximum atomic E-state index is 4.69. The molecule has 0 aliphatic heterocycles. The van der Waals surface area contributed by atoms with Crippen molar-refractivity contribution in [1.82, 2.24) is 15.1 Å². The van der Waals surface area contributed by atoms with E-state index in [0.29, 0.717) is 6.04 Å². The minimum absolute atomic E-state index is 0.551. The first-order valence-corrected chi connectivity index (χ1v) is 8.88. The molecule has 0 bridgehead atoms. The van der Waals surface area contributed by atoms with Gasteiger partial charge in [0.05, 0.1) is 15.9 Å². The van der Waals surface area contributed by atoms with Gasteiger partial charge in [0.15, 0.2) is 0 Å². The summed E-state index contributed by atoms with van der Waals surface area (Å²) < 4.78 is 3.37. The molecule has 1 rings (SSSR count). The van der Waals surface area contributed by atoms with Crippen LogP contribution in [0.1, 0.15) is 64.3 Å². The van der Waals surface area contributed by atoms with Crippen molar-refractivity contribution >= 4 is 15.9 Å². The van der Waals surface area contributed by atoms with E-state index in [1.165, 1.54) is 48.0 Å². The Balaban J connectivity index is 2.66. The summed E-state index contributed by atoms with van der Waals surface area (Å²) in [5.41, 5.74) is 2.53. The largest absolute Gasteiger partial charge is 0.317 e. The van der Waals surface area contributed by atoms with E-state index in [4.69, 9.17) is 0 Å². The molecule has 0 aliphatic rings. The topological polar surface area (TPSA) is 29.9 Å². The van der Waals surface area contributed by atoms with Gasteiger partial charge >= 0.3 is 0 Å². The van der Waals surface area contributed by atoms with E-state index in [1.54, 1.807) is 0 Å². The molecular weight excluding hydrogens is 314 g/mol. The molecule has 1 atom stereocenters. The standard InChI is InChI=1S/C16H30BrN3/c1-5-8-9-10-11-13(18-4)12-15-16(17)14(6-2)19-20(15)7-3/h13,18H,5-12H2,1-4H3. The fraction of sp³-hybridized carbons (Fsp3) is 0.812. The first-order valence-electron chi connectivity index (χ1n) is 8.09. The normalized spacial score (nSPS) is 12.8. The van der Waals surface area contributed by atoms with Gasteiger partial charge in [-0.3, -0.25) is 4.68 Å². The summed E-state index contributed by atoms with van der Waals surface area (Å²) in [6, 6.07) is 0.551. The van der Waals surface area contributed by atoms with Crippen LogP contribution in [0.3, 0.4) is 0 Å². The highest BCUT2D eigenvalue weighted by Gasteiger charge is 2.17. The number of hydrogen-bond acceptors (Lipinski definition) is 2. The summed E-state index contributed by atoms with van der Waals surface area (Å²) in [6.45, 7) is 7.54. The minimum Gasteiger partial charge on any atom is -0.317 e. The maximum absolute atomic E-state index is 4.69. The van der Waals surface area contributed by atoms with Gasteiger partial charge in [-0.1, -0.05) is 39.5 Å². The molecule has 0 fully saturated rings. The molecule has 0 saturated heterocycles. The predicted molar refractivity (Wildman–Crippen MR) is 90.3 cm³/mol. The lowest BCUT2D eigenvalue weighted by atomic mass is 10.0. The van der Waals surface area contributed by atoms with Crippen LogP contribution in [-0.4, -0.2) is 22.9 Å². The van der Waals surface area contributed by atoms with Crippen molar-refractivity contribution in [2.45, 2.75) is 78.3 Å². The molecule has 1 unspecified atom stereocenters. The van der Waals surface area contributed by atoms with Gasteiger partial charge in [0.25, 0.3) is 0 Å². The Bertz CT molecular complexity index is 387. The lowest BCUT2D eigenvalue weighted by molar-refractivity contribution is 0.467. The maximum Gasteiger partial charge on any atom is 0.0766 e. The van der Waals surface area contributed by atoms with Gasteiger partial charge in [0.1, 0.15) is 0 Å². The Labute approximate surface area is 132 Å². The van der Waals surface area contributed by atoms with Crippen LogP contribution in [0.5, 0.6) is 0 Å². The van der Waals surface area contributed by atoms with E-state index in [-0.39, 0.29) is 0 Å². The number of nitrogens with zero attached hydrogens (tertiary/aromatic N) is 2. The van der Waals surface area contributed by atoms with Crippen LogP contribution in [0.25, 0.3) is 0 Å². The zero-order chi connectivity index (χ0) is 15.0. The summed E-state index contributed by atoms with van der Waals surface area (Å²) in [4.78, 5) is 0. The molecule has 0 aromatic carbocycles. The molecule has 1 aromatic rings. The highest BCUT2D eigenvalue weighted by Crippen LogP contribution is 2.24. The van der Waals surface area contributed by atoms with Crippen LogP contribution in [0, 0.1) is 0 Å². The Morgan fingerprint density at radius 1 is 1.20 bits per heavy atom. The molecule has 1 aromatic heterocycles. The summed E-state index contributed by atoms with van der Waals surface area (Å²) in [5.74, 6) is 0. The molecule has 0 spiro atoms. The first-order chi connectivity index (χ1) is 9.67. The number of nitrogens with one attached hydrogen (secondary N) is 1. The second-order valence-corrected chi connectivity index (χ2v) is 6.21. The number of likely N-dealkylation sites (N-methyl/N-ethyl adjacent to an activating group) is 1. The minimum atomic E-state index is 0.551. The van der Waals surface area contributed by atoms with E-state index < -0.39 is 0 Å². The summed E-state index contributed by atoms with van der Waals surface area (Å²) in [6.07, 6.45) is 8.62. The van der Waals surface area contributed by atoms with E-state index in [0.717, 1.165) is 19.4 Å². The van der Waals surface area contributed by atoms with Crippen molar-refractivity contribution in [1.29, 1.82) is 0 Å². The fourth-order valence-corrected chi connectivity index (χ4v) is 3.34.